The van der Waals surface area contributed by atoms with Gasteiger partial charge in [0.1, 0.15) is 0 Å². The Kier molecular flexibility index (Phi) is 6.15. The second-order valence-electron chi connectivity index (χ2n) is 3.89. The van der Waals surface area contributed by atoms with Crippen molar-refractivity contribution in [3.8, 4) is 0 Å². The van der Waals surface area contributed by atoms with E-state index in [1.54, 1.807) is 0 Å². The van der Waals surface area contributed by atoms with E-state index in [0.717, 1.165) is 38.9 Å². The fourth-order valence-electron chi connectivity index (χ4n) is 1.89. The molecule has 84 valence electrons. The van der Waals surface area contributed by atoms with E-state index in [9.17, 15) is 0 Å². The third-order valence-corrected chi connectivity index (χ3v) is 2.89. The summed E-state index contributed by atoms with van der Waals surface area (Å²) < 4.78 is 10.6. The molecule has 3 heteroatoms. The van der Waals surface area contributed by atoms with Crippen LogP contribution in [0.15, 0.2) is 0 Å². The molecular weight excluding hydrogens is 178 g/mol. The highest BCUT2D eigenvalue weighted by molar-refractivity contribution is 4.74. The molecule has 0 radical (unpaired) electrons. The zero-order valence-electron chi connectivity index (χ0n) is 9.42. The fourth-order valence-corrected chi connectivity index (χ4v) is 1.89. The Labute approximate surface area is 87.2 Å². The van der Waals surface area contributed by atoms with Gasteiger partial charge in [-0.15, -0.1) is 0 Å². The molecule has 0 spiro atoms. The lowest BCUT2D eigenvalue weighted by molar-refractivity contribution is 0.0544. The second kappa shape index (κ2) is 7.21. The van der Waals surface area contributed by atoms with Crippen molar-refractivity contribution in [2.24, 2.45) is 5.92 Å². The van der Waals surface area contributed by atoms with Gasteiger partial charge in [0.2, 0.25) is 0 Å². The summed E-state index contributed by atoms with van der Waals surface area (Å²) in [6.45, 7) is 8.76. The molecule has 0 saturated carbocycles. The monoisotopic (exact) mass is 201 g/mol. The number of hydrogen-bond acceptors (Lipinski definition) is 3. The van der Waals surface area contributed by atoms with Crippen LogP contribution >= 0.6 is 0 Å². The molecule has 1 aliphatic rings. The lowest BCUT2D eigenvalue weighted by atomic mass is 9.93. The second-order valence-corrected chi connectivity index (χ2v) is 3.89. The topological polar surface area (TPSA) is 30.5 Å². The van der Waals surface area contributed by atoms with Crippen molar-refractivity contribution in [2.75, 3.05) is 33.0 Å². The predicted octanol–water partition coefficient (Wildman–Crippen LogP) is 1.43. The molecule has 0 aromatic rings. The summed E-state index contributed by atoms with van der Waals surface area (Å²) >= 11 is 0. The van der Waals surface area contributed by atoms with Crippen molar-refractivity contribution >= 4 is 0 Å². The van der Waals surface area contributed by atoms with Crippen LogP contribution in [0, 0.1) is 5.92 Å². The van der Waals surface area contributed by atoms with Crippen LogP contribution in [0.25, 0.3) is 0 Å². The van der Waals surface area contributed by atoms with Crippen LogP contribution in [0.5, 0.6) is 0 Å². The molecule has 0 bridgehead atoms. The average Bonchev–Trinajstić information content (AvgIpc) is 2.25. The summed E-state index contributed by atoms with van der Waals surface area (Å²) in [5.41, 5.74) is 0. The van der Waals surface area contributed by atoms with Gasteiger partial charge in [0.15, 0.2) is 0 Å². The van der Waals surface area contributed by atoms with E-state index in [4.69, 9.17) is 9.47 Å². The lowest BCUT2D eigenvalue weighted by Crippen LogP contribution is -2.38. The maximum absolute atomic E-state index is 5.34. The van der Waals surface area contributed by atoms with E-state index in [-0.39, 0.29) is 0 Å². The van der Waals surface area contributed by atoms with Crippen LogP contribution in [0.1, 0.15) is 26.7 Å². The minimum Gasteiger partial charge on any atom is -0.381 e. The van der Waals surface area contributed by atoms with Crippen LogP contribution in [0.2, 0.25) is 0 Å². The zero-order chi connectivity index (χ0) is 10.2. The SMILES string of the molecule is CCOCCNC(C)C1CCOCC1. The van der Waals surface area contributed by atoms with E-state index >= 15 is 0 Å². The smallest absolute Gasteiger partial charge is 0.0590 e. The van der Waals surface area contributed by atoms with Crippen LogP contribution in [0.4, 0.5) is 0 Å². The summed E-state index contributed by atoms with van der Waals surface area (Å²) in [6.07, 6.45) is 2.39. The number of rotatable bonds is 6. The third kappa shape index (κ3) is 4.40. The predicted molar refractivity (Wildman–Crippen MR) is 57.5 cm³/mol. The molecule has 0 amide bonds. The van der Waals surface area contributed by atoms with E-state index in [2.05, 4.69) is 12.2 Å². The molecule has 0 aliphatic carbocycles. The average molecular weight is 201 g/mol. The fraction of sp³-hybridized carbons (Fsp3) is 1.00. The van der Waals surface area contributed by atoms with Crippen molar-refractivity contribution in [2.45, 2.75) is 32.7 Å². The molecule has 1 heterocycles. The molecule has 0 aromatic heterocycles. The van der Waals surface area contributed by atoms with Gasteiger partial charge in [-0.3, -0.25) is 0 Å². The highest BCUT2D eigenvalue weighted by Gasteiger charge is 2.19. The van der Waals surface area contributed by atoms with Crippen molar-refractivity contribution in [3.63, 3.8) is 0 Å². The van der Waals surface area contributed by atoms with Crippen molar-refractivity contribution in [1.82, 2.24) is 5.32 Å². The van der Waals surface area contributed by atoms with E-state index in [0.29, 0.717) is 6.04 Å². The molecule has 1 fully saturated rings. The molecule has 1 N–H and O–H groups in total. The Balaban J connectivity index is 2.04. The Morgan fingerprint density at radius 2 is 2.14 bits per heavy atom. The molecular formula is C11H23NO2. The van der Waals surface area contributed by atoms with E-state index in [1.807, 2.05) is 6.92 Å². The van der Waals surface area contributed by atoms with E-state index in [1.165, 1.54) is 12.8 Å². The first-order valence-electron chi connectivity index (χ1n) is 5.73. The molecule has 1 atom stereocenters. The van der Waals surface area contributed by atoms with Gasteiger partial charge in [0.25, 0.3) is 0 Å². The standard InChI is InChI=1S/C11H23NO2/c1-3-13-9-6-12-10(2)11-4-7-14-8-5-11/h10-12H,3-9H2,1-2H3. The number of hydrogen-bond donors (Lipinski definition) is 1. The minimum atomic E-state index is 0.597. The summed E-state index contributed by atoms with van der Waals surface area (Å²) in [7, 11) is 0. The van der Waals surface area contributed by atoms with Gasteiger partial charge in [-0.2, -0.15) is 0 Å². The Morgan fingerprint density at radius 3 is 2.79 bits per heavy atom. The number of nitrogens with one attached hydrogen (secondary N) is 1. The molecule has 1 rings (SSSR count). The molecule has 14 heavy (non-hydrogen) atoms. The summed E-state index contributed by atoms with van der Waals surface area (Å²) in [4.78, 5) is 0. The third-order valence-electron chi connectivity index (χ3n) is 2.89. The lowest BCUT2D eigenvalue weighted by Gasteiger charge is -2.28. The summed E-state index contributed by atoms with van der Waals surface area (Å²) in [5, 5.41) is 3.51. The van der Waals surface area contributed by atoms with Crippen LogP contribution in [-0.2, 0) is 9.47 Å². The van der Waals surface area contributed by atoms with Crippen molar-refractivity contribution in [1.29, 1.82) is 0 Å². The van der Waals surface area contributed by atoms with Crippen molar-refractivity contribution in [3.05, 3.63) is 0 Å². The van der Waals surface area contributed by atoms with Crippen molar-refractivity contribution < 1.29 is 9.47 Å². The van der Waals surface area contributed by atoms with Gasteiger partial charge in [-0.05, 0) is 32.6 Å². The first-order valence-corrected chi connectivity index (χ1v) is 5.73. The van der Waals surface area contributed by atoms with Crippen LogP contribution < -0.4 is 5.32 Å². The molecule has 1 unspecified atom stereocenters. The molecule has 1 saturated heterocycles. The maximum atomic E-state index is 5.34. The Morgan fingerprint density at radius 1 is 1.43 bits per heavy atom. The molecule has 1 aliphatic heterocycles. The largest absolute Gasteiger partial charge is 0.381 e. The van der Waals surface area contributed by atoms with Crippen LogP contribution in [-0.4, -0.2) is 39.0 Å². The van der Waals surface area contributed by atoms with Gasteiger partial charge in [-0.25, -0.2) is 0 Å². The highest BCUT2D eigenvalue weighted by Crippen LogP contribution is 2.18. The first-order chi connectivity index (χ1) is 6.84. The van der Waals surface area contributed by atoms with Gasteiger partial charge < -0.3 is 14.8 Å². The quantitative estimate of drug-likeness (QED) is 0.659. The maximum Gasteiger partial charge on any atom is 0.0590 e. The normalized spacial score (nSPS) is 21.0. The van der Waals surface area contributed by atoms with Gasteiger partial charge in [0, 0.05) is 32.4 Å². The summed E-state index contributed by atoms with van der Waals surface area (Å²) in [5.74, 6) is 0.783. The molecule has 0 aromatic carbocycles. The first kappa shape index (κ1) is 12.0. The van der Waals surface area contributed by atoms with Gasteiger partial charge >= 0.3 is 0 Å². The zero-order valence-corrected chi connectivity index (χ0v) is 9.42. The van der Waals surface area contributed by atoms with E-state index < -0.39 is 0 Å². The van der Waals surface area contributed by atoms with Crippen LogP contribution in [0.3, 0.4) is 0 Å². The van der Waals surface area contributed by atoms with Gasteiger partial charge in [0.05, 0.1) is 6.61 Å². The molecule has 3 nitrogen and oxygen atoms in total. The highest BCUT2D eigenvalue weighted by atomic mass is 16.5. The minimum absolute atomic E-state index is 0.597. The Hall–Kier alpha value is -0.120. The number of ether oxygens (including phenoxy) is 2. The summed E-state index contributed by atoms with van der Waals surface area (Å²) in [6, 6.07) is 0.597. The Bertz CT molecular complexity index is 135. The van der Waals surface area contributed by atoms with Gasteiger partial charge in [-0.1, -0.05) is 0 Å².